The Kier molecular flexibility index (Phi) is 7.54. The van der Waals surface area contributed by atoms with E-state index < -0.39 is 17.7 Å². The molecule has 2 atom stereocenters. The smallest absolute Gasteiger partial charge is 0.295 e. The summed E-state index contributed by atoms with van der Waals surface area (Å²) in [7, 11) is 3.05. The molecule has 0 spiro atoms. The number of benzene rings is 2. The van der Waals surface area contributed by atoms with Gasteiger partial charge in [-0.25, -0.2) is 0 Å². The van der Waals surface area contributed by atoms with Crippen molar-refractivity contribution in [2.24, 2.45) is 0 Å². The predicted octanol–water partition coefficient (Wildman–Crippen LogP) is 3.79. The lowest BCUT2D eigenvalue weighted by atomic mass is 9.93. The number of Topliss-reactive ketones (excluding diaryl/α,β-unsaturated/α-hetero) is 1. The van der Waals surface area contributed by atoms with Crippen LogP contribution in [0.5, 0.6) is 17.2 Å². The average molecular weight is 495 g/mol. The molecule has 4 rings (SSSR count). The lowest BCUT2D eigenvalue weighted by molar-refractivity contribution is -0.140. The highest BCUT2D eigenvalue weighted by atomic mass is 16.5. The normalized spacial score (nSPS) is 20.6. The van der Waals surface area contributed by atoms with Crippen LogP contribution in [-0.4, -0.2) is 73.1 Å². The molecule has 1 N–H and O–H groups in total. The maximum atomic E-state index is 13.4. The maximum absolute atomic E-state index is 13.4. The van der Waals surface area contributed by atoms with Gasteiger partial charge >= 0.3 is 0 Å². The molecule has 1 fully saturated rings. The van der Waals surface area contributed by atoms with E-state index >= 15 is 0 Å². The van der Waals surface area contributed by atoms with Crippen LogP contribution < -0.4 is 14.2 Å². The summed E-state index contributed by atoms with van der Waals surface area (Å²) in [6.07, 6.45) is 0.756. The minimum atomic E-state index is -0.825. The minimum absolute atomic E-state index is 0.0398. The van der Waals surface area contributed by atoms with Crippen molar-refractivity contribution in [3.63, 3.8) is 0 Å². The number of aliphatic hydroxyl groups is 1. The van der Waals surface area contributed by atoms with Crippen molar-refractivity contribution in [1.82, 2.24) is 9.80 Å². The first kappa shape index (κ1) is 25.6. The number of fused-ring (bicyclic) bond motifs is 1. The zero-order valence-electron chi connectivity index (χ0n) is 21.5. The number of hydrogen-bond acceptors (Lipinski definition) is 7. The van der Waals surface area contributed by atoms with E-state index in [0.29, 0.717) is 42.1 Å². The number of hydrogen-bond donors (Lipinski definition) is 1. The summed E-state index contributed by atoms with van der Waals surface area (Å²) in [6, 6.07) is 9.86. The molecule has 0 aromatic heterocycles. The van der Waals surface area contributed by atoms with Gasteiger partial charge in [-0.05, 0) is 49.8 Å². The van der Waals surface area contributed by atoms with Crippen LogP contribution in [0.2, 0.25) is 0 Å². The van der Waals surface area contributed by atoms with Gasteiger partial charge in [0, 0.05) is 30.6 Å². The lowest BCUT2D eigenvalue weighted by Gasteiger charge is -2.29. The van der Waals surface area contributed by atoms with Crippen LogP contribution in [0.1, 0.15) is 43.5 Å². The van der Waals surface area contributed by atoms with Crippen LogP contribution >= 0.6 is 0 Å². The SMILES string of the molecule is CCN(CC)CCN1C(=O)C(=O)C(=C(O)c2ccc3c(c2)CC(C)O3)C1c1cccc(OC)c1OC. The molecule has 2 aliphatic rings. The Hall–Kier alpha value is -3.52. The van der Waals surface area contributed by atoms with Crippen molar-refractivity contribution in [2.45, 2.75) is 39.3 Å². The number of methoxy groups -OCH3 is 2. The Labute approximate surface area is 212 Å². The Bertz CT molecular complexity index is 1190. The van der Waals surface area contributed by atoms with Crippen molar-refractivity contribution in [2.75, 3.05) is 40.4 Å². The average Bonchev–Trinajstić information content (AvgIpc) is 3.38. The second-order valence-electron chi connectivity index (χ2n) is 9.06. The van der Waals surface area contributed by atoms with Gasteiger partial charge in [-0.2, -0.15) is 0 Å². The molecule has 2 aliphatic heterocycles. The third-order valence-electron chi connectivity index (χ3n) is 6.99. The van der Waals surface area contributed by atoms with Gasteiger partial charge in [0.25, 0.3) is 11.7 Å². The van der Waals surface area contributed by atoms with Crippen LogP contribution in [0.15, 0.2) is 42.0 Å². The monoisotopic (exact) mass is 494 g/mol. The molecule has 1 saturated heterocycles. The quantitative estimate of drug-likeness (QED) is 0.322. The summed E-state index contributed by atoms with van der Waals surface area (Å²) < 4.78 is 16.9. The second-order valence-corrected chi connectivity index (χ2v) is 9.06. The van der Waals surface area contributed by atoms with Gasteiger partial charge in [0.15, 0.2) is 11.5 Å². The molecule has 8 nitrogen and oxygen atoms in total. The molecule has 2 heterocycles. The van der Waals surface area contributed by atoms with Gasteiger partial charge in [0.2, 0.25) is 0 Å². The molecule has 0 aliphatic carbocycles. The highest BCUT2D eigenvalue weighted by Gasteiger charge is 2.47. The highest BCUT2D eigenvalue weighted by Crippen LogP contribution is 2.45. The number of amides is 1. The number of para-hydroxylation sites is 1. The van der Waals surface area contributed by atoms with Crippen molar-refractivity contribution < 1.29 is 28.9 Å². The molecule has 1 amide bonds. The third kappa shape index (κ3) is 4.53. The van der Waals surface area contributed by atoms with E-state index in [1.54, 1.807) is 30.3 Å². The maximum Gasteiger partial charge on any atom is 0.295 e. The van der Waals surface area contributed by atoms with Gasteiger partial charge in [0.05, 0.1) is 25.8 Å². The summed E-state index contributed by atoms with van der Waals surface area (Å²) in [4.78, 5) is 30.5. The number of ketones is 1. The number of carbonyl (C=O) groups is 2. The fourth-order valence-electron chi connectivity index (χ4n) is 5.08. The van der Waals surface area contributed by atoms with Gasteiger partial charge in [0.1, 0.15) is 17.6 Å². The van der Waals surface area contributed by atoms with Crippen LogP contribution in [0.3, 0.4) is 0 Å². The van der Waals surface area contributed by atoms with Gasteiger partial charge in [-0.3, -0.25) is 9.59 Å². The fraction of sp³-hybridized carbons (Fsp3) is 0.429. The van der Waals surface area contributed by atoms with Crippen molar-refractivity contribution in [3.05, 3.63) is 58.7 Å². The Morgan fingerprint density at radius 1 is 1.14 bits per heavy atom. The molecule has 2 unspecified atom stereocenters. The number of carbonyl (C=O) groups excluding carboxylic acids is 2. The zero-order valence-corrected chi connectivity index (χ0v) is 21.5. The summed E-state index contributed by atoms with van der Waals surface area (Å²) in [5.41, 5.74) is 2.05. The Balaban J connectivity index is 1.86. The molecular weight excluding hydrogens is 460 g/mol. The number of rotatable bonds is 9. The molecule has 2 aromatic rings. The molecule has 8 heteroatoms. The van der Waals surface area contributed by atoms with E-state index in [1.165, 1.54) is 19.1 Å². The number of aliphatic hydroxyl groups excluding tert-OH is 1. The minimum Gasteiger partial charge on any atom is -0.507 e. The topological polar surface area (TPSA) is 88.5 Å². The Morgan fingerprint density at radius 3 is 2.56 bits per heavy atom. The fourth-order valence-corrected chi connectivity index (χ4v) is 5.08. The molecule has 192 valence electrons. The number of likely N-dealkylation sites (N-methyl/N-ethyl adjacent to an activating group) is 1. The van der Waals surface area contributed by atoms with Gasteiger partial charge in [-0.1, -0.05) is 26.0 Å². The van der Waals surface area contributed by atoms with Gasteiger partial charge in [-0.15, -0.1) is 0 Å². The van der Waals surface area contributed by atoms with E-state index in [9.17, 15) is 14.7 Å². The molecular formula is C28H34N2O6. The van der Waals surface area contributed by atoms with E-state index in [4.69, 9.17) is 14.2 Å². The molecule has 0 bridgehead atoms. The lowest BCUT2D eigenvalue weighted by Crippen LogP contribution is -2.38. The predicted molar refractivity (Wildman–Crippen MR) is 137 cm³/mol. The van der Waals surface area contributed by atoms with E-state index in [2.05, 4.69) is 18.7 Å². The van der Waals surface area contributed by atoms with E-state index in [-0.39, 0.29) is 17.4 Å². The molecule has 0 radical (unpaired) electrons. The van der Waals surface area contributed by atoms with Crippen LogP contribution in [0.25, 0.3) is 5.76 Å². The van der Waals surface area contributed by atoms with Crippen molar-refractivity contribution in [1.29, 1.82) is 0 Å². The first-order valence-electron chi connectivity index (χ1n) is 12.4. The molecule has 0 saturated carbocycles. The van der Waals surface area contributed by atoms with Crippen molar-refractivity contribution in [3.8, 4) is 17.2 Å². The zero-order chi connectivity index (χ0) is 26.0. The summed E-state index contributed by atoms with van der Waals surface area (Å²) in [6.45, 7) is 8.65. The van der Waals surface area contributed by atoms with Crippen molar-refractivity contribution >= 4 is 17.4 Å². The first-order valence-corrected chi connectivity index (χ1v) is 12.4. The number of ether oxygens (including phenoxy) is 3. The van der Waals surface area contributed by atoms with Crippen LogP contribution in [0, 0.1) is 0 Å². The molecule has 36 heavy (non-hydrogen) atoms. The highest BCUT2D eigenvalue weighted by molar-refractivity contribution is 6.46. The van der Waals surface area contributed by atoms with Crippen LogP contribution in [0.4, 0.5) is 0 Å². The standard InChI is InChI=1S/C28H34N2O6/c1-6-29(7-2)13-14-30-24(20-9-8-10-22(34-4)27(20)35-5)23(26(32)28(30)33)25(31)18-11-12-21-19(16-18)15-17(3)36-21/h8-12,16-17,24,31H,6-7,13-15H2,1-5H3. The van der Waals surface area contributed by atoms with E-state index in [0.717, 1.165) is 24.4 Å². The Morgan fingerprint density at radius 2 is 1.89 bits per heavy atom. The summed E-state index contributed by atoms with van der Waals surface area (Å²) >= 11 is 0. The van der Waals surface area contributed by atoms with Gasteiger partial charge < -0.3 is 29.1 Å². The first-order chi connectivity index (χ1) is 17.3. The van der Waals surface area contributed by atoms with Crippen LogP contribution in [-0.2, 0) is 16.0 Å². The molecule has 2 aromatic carbocycles. The third-order valence-corrected chi connectivity index (χ3v) is 6.99. The number of likely N-dealkylation sites (tertiary alicyclic amines) is 1. The summed E-state index contributed by atoms with van der Waals surface area (Å²) in [5.74, 6) is 0.0965. The summed E-state index contributed by atoms with van der Waals surface area (Å²) in [5, 5.41) is 11.5. The number of nitrogens with zero attached hydrogens (tertiary/aromatic N) is 2. The largest absolute Gasteiger partial charge is 0.507 e. The second kappa shape index (κ2) is 10.6. The van der Waals surface area contributed by atoms with E-state index in [1.807, 2.05) is 13.0 Å².